The molecule has 4 saturated carbocycles. The normalized spacial score (nSPS) is 45.1. The molecule has 0 aromatic rings. The van der Waals surface area contributed by atoms with Gasteiger partial charge in [-0.25, -0.2) is 0 Å². The molecule has 4 aliphatic carbocycles. The third kappa shape index (κ3) is 3.66. The van der Waals surface area contributed by atoms with Gasteiger partial charge in [0.05, 0.1) is 0 Å². The molecule has 4 fully saturated rings. The van der Waals surface area contributed by atoms with Crippen LogP contribution in [0, 0.1) is 40.4 Å². The number of aliphatic hydroxyl groups excluding tert-OH is 1. The lowest BCUT2D eigenvalue weighted by Gasteiger charge is -2.60. The minimum atomic E-state index is 0.265. The Balaban J connectivity index is 0.000000614. The Morgan fingerprint density at radius 3 is 2.19 bits per heavy atom. The van der Waals surface area contributed by atoms with Gasteiger partial charge in [0.2, 0.25) is 0 Å². The van der Waals surface area contributed by atoms with Crippen LogP contribution in [0.15, 0.2) is 0 Å². The van der Waals surface area contributed by atoms with Crippen molar-refractivity contribution in [2.24, 2.45) is 40.4 Å². The van der Waals surface area contributed by atoms with Crippen LogP contribution in [0.2, 0.25) is 0 Å². The van der Waals surface area contributed by atoms with Gasteiger partial charge in [0.15, 0.2) is 0 Å². The van der Waals surface area contributed by atoms with Crippen molar-refractivity contribution in [3.63, 3.8) is 0 Å². The van der Waals surface area contributed by atoms with Gasteiger partial charge in [0.25, 0.3) is 0 Å². The molecule has 0 spiro atoms. The van der Waals surface area contributed by atoms with Crippen LogP contribution < -0.4 is 0 Å². The monoisotopic (exact) mass is 378 g/mol. The fraction of sp³-hybridized carbons (Fsp3) is 0.917. The second kappa shape index (κ2) is 8.76. The second-order valence-electron chi connectivity index (χ2n) is 9.68. The summed E-state index contributed by atoms with van der Waals surface area (Å²) in [5.41, 5.74) is 0.660. The van der Waals surface area contributed by atoms with E-state index in [4.69, 9.17) is 5.11 Å². The third-order valence-corrected chi connectivity index (χ3v) is 8.97. The van der Waals surface area contributed by atoms with E-state index in [9.17, 15) is 9.59 Å². The van der Waals surface area contributed by atoms with E-state index in [1.54, 1.807) is 0 Å². The zero-order chi connectivity index (χ0) is 20.4. The molecule has 0 amide bonds. The number of Topliss-reactive ketones (excluding diaryl/α,β-unsaturated/α-hetero) is 2. The highest BCUT2D eigenvalue weighted by atomic mass is 16.2. The molecule has 27 heavy (non-hydrogen) atoms. The molecule has 0 aromatic carbocycles. The minimum absolute atomic E-state index is 0.265. The summed E-state index contributed by atoms with van der Waals surface area (Å²) in [6.45, 7) is 10.7. The lowest BCUT2D eigenvalue weighted by molar-refractivity contribution is -0.143. The van der Waals surface area contributed by atoms with Crippen LogP contribution in [-0.4, -0.2) is 23.8 Å². The minimum Gasteiger partial charge on any atom is -0.400 e. The molecule has 7 atom stereocenters. The number of carbonyl (C=O) groups is 2. The van der Waals surface area contributed by atoms with E-state index in [-0.39, 0.29) is 5.41 Å². The lowest BCUT2D eigenvalue weighted by atomic mass is 9.44. The SMILES string of the molecule is CC.CC(=O)C1CCC2C3CCC4CC(=O)CCC4(C)C3CCC12C.CO. The first-order valence-corrected chi connectivity index (χ1v) is 11.3. The Labute approximate surface area is 166 Å². The molecule has 0 radical (unpaired) electrons. The molecule has 0 heterocycles. The summed E-state index contributed by atoms with van der Waals surface area (Å²) in [6.07, 6.45) is 10.3. The molecule has 156 valence electrons. The van der Waals surface area contributed by atoms with Gasteiger partial charge in [0, 0.05) is 25.9 Å². The molecule has 0 bridgehead atoms. The first-order valence-electron chi connectivity index (χ1n) is 11.3. The molecule has 7 unspecified atom stereocenters. The van der Waals surface area contributed by atoms with Gasteiger partial charge in [0.1, 0.15) is 11.6 Å². The van der Waals surface area contributed by atoms with Gasteiger partial charge in [-0.3, -0.25) is 9.59 Å². The van der Waals surface area contributed by atoms with E-state index in [2.05, 4.69) is 13.8 Å². The molecule has 3 heteroatoms. The highest BCUT2D eigenvalue weighted by molar-refractivity contribution is 5.80. The summed E-state index contributed by atoms with van der Waals surface area (Å²) in [7, 11) is 1.00. The summed E-state index contributed by atoms with van der Waals surface area (Å²) in [4.78, 5) is 24.1. The number of fused-ring (bicyclic) bond motifs is 5. The fourth-order valence-corrected chi connectivity index (χ4v) is 7.71. The van der Waals surface area contributed by atoms with E-state index < -0.39 is 0 Å². The number of ketones is 2. The summed E-state index contributed by atoms with van der Waals surface area (Å²) in [6, 6.07) is 0. The Kier molecular flexibility index (Phi) is 7.33. The van der Waals surface area contributed by atoms with E-state index in [1.165, 1.54) is 32.1 Å². The molecule has 4 rings (SSSR count). The predicted octanol–water partition coefficient (Wildman–Crippen LogP) is 5.44. The topological polar surface area (TPSA) is 54.4 Å². The number of rotatable bonds is 1. The molecule has 0 aromatic heterocycles. The van der Waals surface area contributed by atoms with Crippen LogP contribution in [0.5, 0.6) is 0 Å². The quantitative estimate of drug-likeness (QED) is 0.661. The molecule has 4 aliphatic rings. The Morgan fingerprint density at radius 2 is 1.56 bits per heavy atom. The number of aliphatic hydroxyl groups is 1. The standard InChI is InChI=1S/C21H32O2.C2H6.CH4O/c1-13(22)17-6-7-18-16-5-4-14-12-15(23)8-10-20(14,2)19(16)9-11-21(17,18)3;2*1-2/h14,16-19H,4-12H2,1-3H3;1-2H3;2H,1H3. The van der Waals surface area contributed by atoms with Crippen LogP contribution in [0.25, 0.3) is 0 Å². The van der Waals surface area contributed by atoms with Crippen molar-refractivity contribution < 1.29 is 14.7 Å². The molecular weight excluding hydrogens is 336 g/mol. The maximum absolute atomic E-state index is 12.2. The zero-order valence-electron chi connectivity index (χ0n) is 18.5. The number of hydrogen-bond donors (Lipinski definition) is 1. The average Bonchev–Trinajstić information content (AvgIpc) is 3.03. The Hall–Kier alpha value is -0.700. The van der Waals surface area contributed by atoms with E-state index >= 15 is 0 Å². The highest BCUT2D eigenvalue weighted by Gasteiger charge is 2.60. The van der Waals surface area contributed by atoms with Crippen molar-refractivity contribution in [3.05, 3.63) is 0 Å². The van der Waals surface area contributed by atoms with Crippen LogP contribution in [0.1, 0.15) is 92.4 Å². The van der Waals surface area contributed by atoms with Crippen LogP contribution in [-0.2, 0) is 9.59 Å². The summed E-state index contributed by atoms with van der Waals surface area (Å²) in [5, 5.41) is 7.00. The first kappa shape index (κ1) is 22.6. The van der Waals surface area contributed by atoms with E-state index in [0.717, 1.165) is 50.5 Å². The van der Waals surface area contributed by atoms with Gasteiger partial charge >= 0.3 is 0 Å². The van der Waals surface area contributed by atoms with Gasteiger partial charge in [-0.2, -0.15) is 0 Å². The molecule has 0 saturated heterocycles. The predicted molar refractivity (Wildman–Crippen MR) is 110 cm³/mol. The zero-order valence-corrected chi connectivity index (χ0v) is 18.5. The lowest BCUT2D eigenvalue weighted by Crippen LogP contribution is -2.53. The maximum Gasteiger partial charge on any atom is 0.133 e. The number of hydrogen-bond acceptors (Lipinski definition) is 3. The summed E-state index contributed by atoms with van der Waals surface area (Å²) >= 11 is 0. The van der Waals surface area contributed by atoms with E-state index in [0.29, 0.717) is 28.8 Å². The van der Waals surface area contributed by atoms with Crippen molar-refractivity contribution in [2.45, 2.75) is 92.4 Å². The van der Waals surface area contributed by atoms with Gasteiger partial charge in [-0.1, -0.05) is 27.7 Å². The smallest absolute Gasteiger partial charge is 0.133 e. The number of carbonyl (C=O) groups excluding carboxylic acids is 2. The molecule has 1 N–H and O–H groups in total. The van der Waals surface area contributed by atoms with Crippen molar-refractivity contribution >= 4 is 11.6 Å². The average molecular weight is 379 g/mol. The molecular formula is C24H42O3. The molecule has 0 aliphatic heterocycles. The van der Waals surface area contributed by atoms with Crippen LogP contribution >= 0.6 is 0 Å². The fourth-order valence-electron chi connectivity index (χ4n) is 7.71. The van der Waals surface area contributed by atoms with Gasteiger partial charge in [-0.05, 0) is 86.4 Å². The largest absolute Gasteiger partial charge is 0.400 e. The van der Waals surface area contributed by atoms with Crippen molar-refractivity contribution in [2.75, 3.05) is 7.11 Å². The summed E-state index contributed by atoms with van der Waals surface area (Å²) < 4.78 is 0. The Morgan fingerprint density at radius 1 is 0.926 bits per heavy atom. The van der Waals surface area contributed by atoms with Crippen molar-refractivity contribution in [1.82, 2.24) is 0 Å². The second-order valence-corrected chi connectivity index (χ2v) is 9.68. The molecule has 3 nitrogen and oxygen atoms in total. The van der Waals surface area contributed by atoms with Crippen LogP contribution in [0.3, 0.4) is 0 Å². The highest BCUT2D eigenvalue weighted by Crippen LogP contribution is 2.67. The Bertz CT molecular complexity index is 542. The third-order valence-electron chi connectivity index (χ3n) is 8.97. The van der Waals surface area contributed by atoms with E-state index in [1.807, 2.05) is 20.8 Å². The van der Waals surface area contributed by atoms with Gasteiger partial charge in [-0.15, -0.1) is 0 Å². The summed E-state index contributed by atoms with van der Waals surface area (Å²) in [5.74, 6) is 4.25. The van der Waals surface area contributed by atoms with Crippen molar-refractivity contribution in [1.29, 1.82) is 0 Å². The van der Waals surface area contributed by atoms with Crippen molar-refractivity contribution in [3.8, 4) is 0 Å². The van der Waals surface area contributed by atoms with Crippen LogP contribution in [0.4, 0.5) is 0 Å². The maximum atomic E-state index is 12.2. The van der Waals surface area contributed by atoms with Gasteiger partial charge < -0.3 is 5.11 Å². The first-order chi connectivity index (χ1) is 12.9.